The van der Waals surface area contributed by atoms with Gasteiger partial charge in [-0.3, -0.25) is 0 Å². The number of para-hydroxylation sites is 1. The topological polar surface area (TPSA) is 12.0 Å². The molecule has 1 heteroatoms. The first-order valence-electron chi connectivity index (χ1n) is 4.24. The summed E-state index contributed by atoms with van der Waals surface area (Å²) in [6.07, 6.45) is 1.24. The van der Waals surface area contributed by atoms with E-state index in [1.165, 1.54) is 17.7 Å². The van der Waals surface area contributed by atoms with E-state index in [0.29, 0.717) is 0 Å². The van der Waals surface area contributed by atoms with Crippen molar-refractivity contribution < 1.29 is 1.43 Å². The molecule has 0 aliphatic carbocycles. The van der Waals surface area contributed by atoms with E-state index >= 15 is 0 Å². The molecule has 1 heterocycles. The van der Waals surface area contributed by atoms with Crippen molar-refractivity contribution in [2.24, 2.45) is 0 Å². The molecular formula is C10H15N. The maximum absolute atomic E-state index is 3.40. The molecular weight excluding hydrogens is 134 g/mol. The monoisotopic (exact) mass is 149 g/mol. The van der Waals surface area contributed by atoms with Crippen LogP contribution in [0.3, 0.4) is 0 Å². The Morgan fingerprint density at radius 3 is 3.18 bits per heavy atom. The number of rotatable bonds is 1. The lowest BCUT2D eigenvalue weighted by Crippen LogP contribution is -1.99. The van der Waals surface area contributed by atoms with E-state index in [0.717, 1.165) is 12.5 Å². The highest BCUT2D eigenvalue weighted by molar-refractivity contribution is 5.57. The summed E-state index contributed by atoms with van der Waals surface area (Å²) < 4.78 is 0. The highest BCUT2D eigenvalue weighted by atomic mass is 14.9. The van der Waals surface area contributed by atoms with Crippen LogP contribution < -0.4 is 5.32 Å². The summed E-state index contributed by atoms with van der Waals surface area (Å²) in [5.74, 6) is 0.742. The second-order valence-corrected chi connectivity index (χ2v) is 3.07. The molecule has 1 unspecified atom stereocenters. The molecule has 0 amide bonds. The van der Waals surface area contributed by atoms with Gasteiger partial charge in [0.15, 0.2) is 0 Å². The Hall–Kier alpha value is -0.980. The molecule has 0 saturated heterocycles. The van der Waals surface area contributed by atoms with Crippen LogP contribution in [0.1, 0.15) is 26.3 Å². The SMILES string of the molecule is CCC1CNc2ccccc21.[HH]. The number of hydrogen-bond donors (Lipinski definition) is 1. The standard InChI is InChI=1S/C10H13N.H2/c1-2-8-7-11-10-6-4-3-5-9(8)10;/h3-6,8,11H,2,7H2,1H3;1H. The van der Waals surface area contributed by atoms with Crippen molar-refractivity contribution in [3.63, 3.8) is 0 Å². The minimum absolute atomic E-state index is 0. The summed E-state index contributed by atoms with van der Waals surface area (Å²) in [5, 5.41) is 3.40. The zero-order chi connectivity index (χ0) is 7.68. The van der Waals surface area contributed by atoms with Crippen LogP contribution in [0.25, 0.3) is 0 Å². The predicted octanol–water partition coefficient (Wildman–Crippen LogP) is 2.85. The Morgan fingerprint density at radius 2 is 2.36 bits per heavy atom. The van der Waals surface area contributed by atoms with Crippen LogP contribution in [-0.4, -0.2) is 6.54 Å². The van der Waals surface area contributed by atoms with Crippen molar-refractivity contribution in [2.45, 2.75) is 19.3 Å². The second-order valence-electron chi connectivity index (χ2n) is 3.07. The molecule has 11 heavy (non-hydrogen) atoms. The smallest absolute Gasteiger partial charge is 0.0376 e. The molecule has 0 radical (unpaired) electrons. The zero-order valence-corrected chi connectivity index (χ0v) is 6.80. The van der Waals surface area contributed by atoms with Crippen molar-refractivity contribution in [1.82, 2.24) is 0 Å². The lowest BCUT2D eigenvalue weighted by Gasteiger charge is -2.04. The highest BCUT2D eigenvalue weighted by Crippen LogP contribution is 2.32. The Morgan fingerprint density at radius 1 is 1.55 bits per heavy atom. The molecule has 60 valence electrons. The van der Waals surface area contributed by atoms with Gasteiger partial charge >= 0.3 is 0 Å². The third-order valence-corrected chi connectivity index (χ3v) is 2.43. The van der Waals surface area contributed by atoms with Gasteiger partial charge in [-0.05, 0) is 18.1 Å². The molecule has 1 aromatic carbocycles. The van der Waals surface area contributed by atoms with Crippen molar-refractivity contribution >= 4 is 5.69 Å². The van der Waals surface area contributed by atoms with Crippen molar-refractivity contribution in [3.05, 3.63) is 29.8 Å². The summed E-state index contributed by atoms with van der Waals surface area (Å²) >= 11 is 0. The van der Waals surface area contributed by atoms with Crippen LogP contribution in [0, 0.1) is 0 Å². The maximum atomic E-state index is 3.40. The first kappa shape index (κ1) is 6.71. The van der Waals surface area contributed by atoms with Gasteiger partial charge in [0.05, 0.1) is 0 Å². The minimum atomic E-state index is 0. The van der Waals surface area contributed by atoms with Crippen LogP contribution in [0.15, 0.2) is 24.3 Å². The van der Waals surface area contributed by atoms with E-state index in [1.807, 2.05) is 0 Å². The molecule has 0 saturated carbocycles. The van der Waals surface area contributed by atoms with Gasteiger partial charge in [-0.25, -0.2) is 0 Å². The van der Waals surface area contributed by atoms with E-state index < -0.39 is 0 Å². The van der Waals surface area contributed by atoms with Crippen LogP contribution in [0.4, 0.5) is 5.69 Å². The van der Waals surface area contributed by atoms with Gasteiger partial charge in [-0.1, -0.05) is 25.1 Å². The molecule has 1 N–H and O–H groups in total. The van der Waals surface area contributed by atoms with E-state index in [9.17, 15) is 0 Å². The molecule has 1 atom stereocenters. The number of hydrogen-bond acceptors (Lipinski definition) is 1. The molecule has 0 bridgehead atoms. The van der Waals surface area contributed by atoms with Crippen LogP contribution in [0.2, 0.25) is 0 Å². The third-order valence-electron chi connectivity index (χ3n) is 2.43. The average molecular weight is 149 g/mol. The van der Waals surface area contributed by atoms with Gasteiger partial charge in [0.25, 0.3) is 0 Å². The van der Waals surface area contributed by atoms with E-state index in [-0.39, 0.29) is 1.43 Å². The van der Waals surface area contributed by atoms with Gasteiger partial charge in [-0.15, -0.1) is 0 Å². The highest BCUT2D eigenvalue weighted by Gasteiger charge is 2.18. The van der Waals surface area contributed by atoms with Gasteiger partial charge in [0.1, 0.15) is 0 Å². The number of benzene rings is 1. The first-order valence-corrected chi connectivity index (χ1v) is 4.24. The fourth-order valence-electron chi connectivity index (χ4n) is 1.72. The lowest BCUT2D eigenvalue weighted by atomic mass is 9.99. The van der Waals surface area contributed by atoms with Gasteiger partial charge in [0.2, 0.25) is 0 Å². The van der Waals surface area contributed by atoms with E-state index in [1.54, 1.807) is 0 Å². The number of anilines is 1. The predicted molar refractivity (Wildman–Crippen MR) is 50.1 cm³/mol. The Labute approximate surface area is 68.9 Å². The quantitative estimate of drug-likeness (QED) is 0.647. The molecule has 2 rings (SSSR count). The Bertz CT molecular complexity index is 260. The third kappa shape index (κ3) is 1.01. The van der Waals surface area contributed by atoms with Crippen LogP contribution in [-0.2, 0) is 0 Å². The lowest BCUT2D eigenvalue weighted by molar-refractivity contribution is 0.727. The summed E-state index contributed by atoms with van der Waals surface area (Å²) in [4.78, 5) is 0. The molecule has 1 nitrogen and oxygen atoms in total. The van der Waals surface area contributed by atoms with Crippen molar-refractivity contribution in [2.75, 3.05) is 11.9 Å². The summed E-state index contributed by atoms with van der Waals surface area (Å²) in [6.45, 7) is 3.37. The Kier molecular flexibility index (Phi) is 1.57. The average Bonchev–Trinajstić information content (AvgIpc) is 2.47. The zero-order valence-electron chi connectivity index (χ0n) is 6.80. The van der Waals surface area contributed by atoms with E-state index in [2.05, 4.69) is 36.5 Å². The Balaban J connectivity index is 0.000000720. The normalized spacial score (nSPS) is 21.0. The number of nitrogens with one attached hydrogen (secondary N) is 1. The number of fused-ring (bicyclic) bond motifs is 1. The van der Waals surface area contributed by atoms with Gasteiger partial charge in [0, 0.05) is 19.6 Å². The fraction of sp³-hybridized carbons (Fsp3) is 0.400. The van der Waals surface area contributed by atoms with Gasteiger partial charge in [-0.2, -0.15) is 0 Å². The molecule has 1 aromatic rings. The second kappa shape index (κ2) is 2.57. The molecule has 1 aliphatic heterocycles. The van der Waals surface area contributed by atoms with Gasteiger partial charge < -0.3 is 5.32 Å². The summed E-state index contributed by atoms with van der Waals surface area (Å²) in [5.41, 5.74) is 2.83. The largest absolute Gasteiger partial charge is 0.384 e. The van der Waals surface area contributed by atoms with Crippen molar-refractivity contribution in [3.8, 4) is 0 Å². The molecule has 1 aliphatic rings. The van der Waals surface area contributed by atoms with Crippen LogP contribution in [0.5, 0.6) is 0 Å². The summed E-state index contributed by atoms with van der Waals surface area (Å²) in [6, 6.07) is 8.59. The first-order chi connectivity index (χ1) is 5.42. The molecule has 0 fully saturated rings. The van der Waals surface area contributed by atoms with Crippen LogP contribution >= 0.6 is 0 Å². The maximum Gasteiger partial charge on any atom is 0.0376 e. The summed E-state index contributed by atoms with van der Waals surface area (Å²) in [7, 11) is 0. The minimum Gasteiger partial charge on any atom is -0.384 e. The molecule has 0 spiro atoms. The van der Waals surface area contributed by atoms with Crippen molar-refractivity contribution in [1.29, 1.82) is 0 Å². The fourth-order valence-corrected chi connectivity index (χ4v) is 1.72. The molecule has 0 aromatic heterocycles. The van der Waals surface area contributed by atoms with E-state index in [4.69, 9.17) is 0 Å².